The Hall–Kier alpha value is -1.26. The van der Waals surface area contributed by atoms with Crippen molar-refractivity contribution >= 4 is 0 Å². The topological polar surface area (TPSA) is 42.5 Å². The van der Waals surface area contributed by atoms with Crippen molar-refractivity contribution in [2.45, 2.75) is 19.5 Å². The molecule has 0 amide bonds. The number of hydrogen-bond donors (Lipinski definition) is 2. The highest BCUT2D eigenvalue weighted by Crippen LogP contribution is 2.30. The number of nitrogens with one attached hydrogen (secondary N) is 2. The Morgan fingerprint density at radius 3 is 2.59 bits per heavy atom. The summed E-state index contributed by atoms with van der Waals surface area (Å²) < 4.78 is 10.6. The molecule has 96 valence electrons. The molecule has 0 heterocycles. The summed E-state index contributed by atoms with van der Waals surface area (Å²) in [5, 5.41) is 6.56. The fourth-order valence-corrected chi connectivity index (χ4v) is 1.76. The van der Waals surface area contributed by atoms with E-state index in [2.05, 4.69) is 17.6 Å². The van der Waals surface area contributed by atoms with Crippen LogP contribution < -0.4 is 20.1 Å². The third kappa shape index (κ3) is 3.91. The number of hydrogen-bond acceptors (Lipinski definition) is 4. The number of para-hydroxylation sites is 1. The molecule has 17 heavy (non-hydrogen) atoms. The monoisotopic (exact) mass is 238 g/mol. The Bertz CT molecular complexity index is 342. The third-order valence-corrected chi connectivity index (χ3v) is 2.64. The Kier molecular flexibility index (Phi) is 5.80. The van der Waals surface area contributed by atoms with Gasteiger partial charge < -0.3 is 20.1 Å². The highest BCUT2D eigenvalue weighted by atomic mass is 16.5. The van der Waals surface area contributed by atoms with Crippen molar-refractivity contribution in [1.29, 1.82) is 0 Å². The Balaban J connectivity index is 2.70. The molecule has 0 saturated heterocycles. The number of methoxy groups -OCH3 is 2. The smallest absolute Gasteiger partial charge is 0.165 e. The zero-order valence-corrected chi connectivity index (χ0v) is 11.0. The molecule has 0 aliphatic heterocycles. The number of likely N-dealkylation sites (N-methyl/N-ethyl adjacent to an activating group) is 1. The van der Waals surface area contributed by atoms with E-state index in [4.69, 9.17) is 9.47 Å². The maximum atomic E-state index is 5.38. The van der Waals surface area contributed by atoms with Gasteiger partial charge in [-0.2, -0.15) is 0 Å². The largest absolute Gasteiger partial charge is 0.493 e. The van der Waals surface area contributed by atoms with Crippen LogP contribution in [0.25, 0.3) is 0 Å². The first-order chi connectivity index (χ1) is 8.22. The lowest BCUT2D eigenvalue weighted by Gasteiger charge is -2.16. The second kappa shape index (κ2) is 7.14. The zero-order chi connectivity index (χ0) is 12.7. The summed E-state index contributed by atoms with van der Waals surface area (Å²) in [7, 11) is 5.27. The summed E-state index contributed by atoms with van der Waals surface area (Å²) in [6, 6.07) is 6.33. The number of benzene rings is 1. The second-order valence-electron chi connectivity index (χ2n) is 3.99. The van der Waals surface area contributed by atoms with E-state index in [9.17, 15) is 0 Å². The normalized spacial score (nSPS) is 12.2. The lowest BCUT2D eigenvalue weighted by atomic mass is 10.1. The lowest BCUT2D eigenvalue weighted by molar-refractivity contribution is 0.350. The molecule has 0 saturated carbocycles. The summed E-state index contributed by atoms with van der Waals surface area (Å²) in [4.78, 5) is 0. The van der Waals surface area contributed by atoms with Crippen LogP contribution in [-0.2, 0) is 6.54 Å². The molecule has 1 unspecified atom stereocenters. The molecular weight excluding hydrogens is 216 g/mol. The van der Waals surface area contributed by atoms with Gasteiger partial charge in [-0.25, -0.2) is 0 Å². The van der Waals surface area contributed by atoms with Crippen LogP contribution in [0.2, 0.25) is 0 Å². The minimum Gasteiger partial charge on any atom is -0.493 e. The van der Waals surface area contributed by atoms with Gasteiger partial charge in [0.15, 0.2) is 11.5 Å². The lowest BCUT2D eigenvalue weighted by Crippen LogP contribution is -2.34. The van der Waals surface area contributed by atoms with Crippen LogP contribution in [-0.4, -0.2) is 33.9 Å². The van der Waals surface area contributed by atoms with Crippen LogP contribution in [0, 0.1) is 0 Å². The van der Waals surface area contributed by atoms with Gasteiger partial charge in [-0.05, 0) is 20.0 Å². The average molecular weight is 238 g/mol. The van der Waals surface area contributed by atoms with E-state index in [0.717, 1.165) is 30.2 Å². The van der Waals surface area contributed by atoms with E-state index in [1.54, 1.807) is 14.2 Å². The maximum Gasteiger partial charge on any atom is 0.165 e. The molecule has 0 spiro atoms. The molecular formula is C13H22N2O2. The van der Waals surface area contributed by atoms with Crippen molar-refractivity contribution in [3.63, 3.8) is 0 Å². The first-order valence-corrected chi connectivity index (χ1v) is 5.80. The Morgan fingerprint density at radius 1 is 1.24 bits per heavy atom. The quantitative estimate of drug-likeness (QED) is 0.753. The van der Waals surface area contributed by atoms with Crippen LogP contribution in [0.3, 0.4) is 0 Å². The molecule has 0 bridgehead atoms. The molecule has 1 rings (SSSR count). The van der Waals surface area contributed by atoms with E-state index in [1.165, 1.54) is 0 Å². The van der Waals surface area contributed by atoms with E-state index < -0.39 is 0 Å². The fourth-order valence-electron chi connectivity index (χ4n) is 1.76. The van der Waals surface area contributed by atoms with Gasteiger partial charge in [0.05, 0.1) is 14.2 Å². The molecule has 1 atom stereocenters. The molecule has 4 heteroatoms. The summed E-state index contributed by atoms with van der Waals surface area (Å²) in [5.41, 5.74) is 1.11. The van der Waals surface area contributed by atoms with E-state index in [0.29, 0.717) is 6.04 Å². The van der Waals surface area contributed by atoms with Crippen molar-refractivity contribution in [3.8, 4) is 11.5 Å². The van der Waals surface area contributed by atoms with Crippen molar-refractivity contribution in [1.82, 2.24) is 10.6 Å². The highest BCUT2D eigenvalue weighted by Gasteiger charge is 2.09. The second-order valence-corrected chi connectivity index (χ2v) is 3.99. The van der Waals surface area contributed by atoms with E-state index in [-0.39, 0.29) is 0 Å². The van der Waals surface area contributed by atoms with Crippen LogP contribution in [0.5, 0.6) is 11.5 Å². The predicted octanol–water partition coefficient (Wildman–Crippen LogP) is 1.40. The number of rotatable bonds is 7. The first-order valence-electron chi connectivity index (χ1n) is 5.80. The van der Waals surface area contributed by atoms with Gasteiger partial charge in [0.2, 0.25) is 0 Å². The van der Waals surface area contributed by atoms with Crippen molar-refractivity contribution < 1.29 is 9.47 Å². The molecule has 0 aromatic heterocycles. The van der Waals surface area contributed by atoms with Gasteiger partial charge in [-0.15, -0.1) is 0 Å². The average Bonchev–Trinajstić information content (AvgIpc) is 2.36. The molecule has 1 aromatic rings. The molecule has 0 radical (unpaired) electrons. The van der Waals surface area contributed by atoms with E-state index in [1.807, 2.05) is 25.2 Å². The molecule has 0 aliphatic carbocycles. The van der Waals surface area contributed by atoms with E-state index >= 15 is 0 Å². The van der Waals surface area contributed by atoms with Gasteiger partial charge in [0.1, 0.15) is 0 Å². The van der Waals surface area contributed by atoms with Gasteiger partial charge >= 0.3 is 0 Å². The Labute approximate surface area is 103 Å². The summed E-state index contributed by atoms with van der Waals surface area (Å²) in [6.45, 7) is 3.85. The predicted molar refractivity (Wildman–Crippen MR) is 69.8 cm³/mol. The van der Waals surface area contributed by atoms with Crippen molar-refractivity contribution in [3.05, 3.63) is 23.8 Å². The third-order valence-electron chi connectivity index (χ3n) is 2.64. The summed E-state index contributed by atoms with van der Waals surface area (Å²) in [5.74, 6) is 1.58. The minimum atomic E-state index is 0.413. The van der Waals surface area contributed by atoms with Gasteiger partial charge in [-0.3, -0.25) is 0 Å². The SMILES string of the molecule is CNCC(C)NCc1cccc(OC)c1OC. The van der Waals surface area contributed by atoms with Crippen molar-refractivity contribution in [2.75, 3.05) is 27.8 Å². The minimum absolute atomic E-state index is 0.413. The van der Waals surface area contributed by atoms with Crippen LogP contribution in [0.4, 0.5) is 0 Å². The molecule has 0 aliphatic rings. The van der Waals surface area contributed by atoms with Gasteiger partial charge in [0, 0.05) is 24.7 Å². The van der Waals surface area contributed by atoms with Crippen LogP contribution >= 0.6 is 0 Å². The standard InChI is InChI=1S/C13H22N2O2/c1-10(8-14-2)15-9-11-6-5-7-12(16-3)13(11)17-4/h5-7,10,14-15H,8-9H2,1-4H3. The van der Waals surface area contributed by atoms with Gasteiger partial charge in [0.25, 0.3) is 0 Å². The zero-order valence-electron chi connectivity index (χ0n) is 11.0. The van der Waals surface area contributed by atoms with Crippen LogP contribution in [0.1, 0.15) is 12.5 Å². The molecule has 1 aromatic carbocycles. The van der Waals surface area contributed by atoms with Crippen LogP contribution in [0.15, 0.2) is 18.2 Å². The number of ether oxygens (including phenoxy) is 2. The molecule has 0 fully saturated rings. The van der Waals surface area contributed by atoms with Gasteiger partial charge in [-0.1, -0.05) is 12.1 Å². The fraction of sp³-hybridized carbons (Fsp3) is 0.538. The Morgan fingerprint density at radius 2 is 2.00 bits per heavy atom. The maximum absolute atomic E-state index is 5.38. The molecule has 2 N–H and O–H groups in total. The van der Waals surface area contributed by atoms with Crippen molar-refractivity contribution in [2.24, 2.45) is 0 Å². The first kappa shape index (κ1) is 13.8. The molecule has 4 nitrogen and oxygen atoms in total. The highest BCUT2D eigenvalue weighted by molar-refractivity contribution is 5.46. The summed E-state index contributed by atoms with van der Waals surface area (Å²) >= 11 is 0. The summed E-state index contributed by atoms with van der Waals surface area (Å²) in [6.07, 6.45) is 0.